The largest absolute Gasteiger partial charge is 0.480 e. The Morgan fingerprint density at radius 2 is 2.45 bits per heavy atom. The summed E-state index contributed by atoms with van der Waals surface area (Å²) in [5.74, 6) is -0.957. The molecule has 2 atom stereocenters. The molecule has 4 nitrogen and oxygen atoms in total. The summed E-state index contributed by atoms with van der Waals surface area (Å²) < 4.78 is 4.98. The maximum Gasteiger partial charge on any atom is 0.326 e. The Balaban J connectivity index is 2.75. The lowest BCUT2D eigenvalue weighted by Gasteiger charge is -2.24. The molecule has 1 fully saturated rings. The normalized spacial score (nSPS) is 37.5. The standard InChI is InChI=1S/C7H13NO3/c1-11-5-3-2-4-7(5,8)6(9)10/h5H,2-4,8H2,1H3,(H,9,10)/t5-,7-/m0/s1. The fraction of sp³-hybridized carbons (Fsp3) is 0.857. The molecule has 0 aliphatic heterocycles. The van der Waals surface area contributed by atoms with Gasteiger partial charge in [0.1, 0.15) is 5.54 Å². The number of carboxylic acids is 1. The third-order valence-electron chi connectivity index (χ3n) is 2.31. The van der Waals surface area contributed by atoms with Gasteiger partial charge in [-0.25, -0.2) is 0 Å². The molecule has 0 radical (unpaired) electrons. The van der Waals surface area contributed by atoms with E-state index >= 15 is 0 Å². The summed E-state index contributed by atoms with van der Waals surface area (Å²) in [6, 6.07) is 0. The predicted molar refractivity (Wildman–Crippen MR) is 39.2 cm³/mol. The van der Waals surface area contributed by atoms with E-state index in [0.717, 1.165) is 12.8 Å². The average molecular weight is 159 g/mol. The van der Waals surface area contributed by atoms with Gasteiger partial charge in [0.15, 0.2) is 0 Å². The molecule has 64 valence electrons. The van der Waals surface area contributed by atoms with E-state index in [1.54, 1.807) is 0 Å². The predicted octanol–water partition coefficient (Wildman–Crippen LogP) is -0.0326. The highest BCUT2D eigenvalue weighted by Gasteiger charge is 2.46. The second-order valence-corrected chi connectivity index (χ2v) is 2.96. The van der Waals surface area contributed by atoms with Gasteiger partial charge in [-0.3, -0.25) is 4.79 Å². The molecule has 1 rings (SSSR count). The first kappa shape index (κ1) is 8.49. The van der Waals surface area contributed by atoms with Crippen molar-refractivity contribution in [3.05, 3.63) is 0 Å². The number of carboxylic acid groups (broad SMARTS) is 1. The maximum absolute atomic E-state index is 10.7. The van der Waals surface area contributed by atoms with Crippen LogP contribution in [0.2, 0.25) is 0 Å². The Morgan fingerprint density at radius 3 is 2.82 bits per heavy atom. The van der Waals surface area contributed by atoms with Crippen LogP contribution in [0.1, 0.15) is 19.3 Å². The smallest absolute Gasteiger partial charge is 0.326 e. The molecular weight excluding hydrogens is 146 g/mol. The molecule has 11 heavy (non-hydrogen) atoms. The molecule has 0 amide bonds. The summed E-state index contributed by atoms with van der Waals surface area (Å²) in [7, 11) is 1.50. The van der Waals surface area contributed by atoms with E-state index in [1.807, 2.05) is 0 Å². The molecule has 0 aromatic carbocycles. The van der Waals surface area contributed by atoms with Crippen LogP contribution in [0.4, 0.5) is 0 Å². The van der Waals surface area contributed by atoms with Crippen molar-refractivity contribution in [2.45, 2.75) is 30.9 Å². The fourth-order valence-corrected chi connectivity index (χ4v) is 1.57. The van der Waals surface area contributed by atoms with Crippen molar-refractivity contribution in [2.75, 3.05) is 7.11 Å². The average Bonchev–Trinajstić information content (AvgIpc) is 2.32. The van der Waals surface area contributed by atoms with Gasteiger partial charge in [-0.05, 0) is 19.3 Å². The lowest BCUT2D eigenvalue weighted by Crippen LogP contribution is -2.54. The lowest BCUT2D eigenvalue weighted by atomic mass is 9.97. The third-order valence-corrected chi connectivity index (χ3v) is 2.31. The van der Waals surface area contributed by atoms with Gasteiger partial charge in [-0.1, -0.05) is 0 Å². The molecule has 0 aromatic heterocycles. The molecular formula is C7H13NO3. The SMILES string of the molecule is CO[C@H]1CCC[C@@]1(N)C(=O)O. The van der Waals surface area contributed by atoms with Gasteiger partial charge >= 0.3 is 5.97 Å². The first-order valence-corrected chi connectivity index (χ1v) is 3.66. The highest BCUT2D eigenvalue weighted by Crippen LogP contribution is 2.29. The van der Waals surface area contributed by atoms with Crippen molar-refractivity contribution in [3.8, 4) is 0 Å². The van der Waals surface area contributed by atoms with Gasteiger partial charge in [0.05, 0.1) is 6.10 Å². The van der Waals surface area contributed by atoms with Gasteiger partial charge in [0, 0.05) is 7.11 Å². The summed E-state index contributed by atoms with van der Waals surface area (Å²) in [6.07, 6.45) is 1.78. The quantitative estimate of drug-likeness (QED) is 0.593. The number of methoxy groups -OCH3 is 1. The zero-order chi connectivity index (χ0) is 8.48. The highest BCUT2D eigenvalue weighted by molar-refractivity contribution is 5.79. The van der Waals surface area contributed by atoms with Crippen LogP contribution >= 0.6 is 0 Å². The number of aliphatic carboxylic acids is 1. The zero-order valence-corrected chi connectivity index (χ0v) is 6.54. The van der Waals surface area contributed by atoms with E-state index in [-0.39, 0.29) is 6.10 Å². The van der Waals surface area contributed by atoms with E-state index in [9.17, 15) is 4.79 Å². The zero-order valence-electron chi connectivity index (χ0n) is 6.54. The van der Waals surface area contributed by atoms with Crippen LogP contribution in [0, 0.1) is 0 Å². The minimum Gasteiger partial charge on any atom is -0.480 e. The van der Waals surface area contributed by atoms with E-state index in [4.69, 9.17) is 15.6 Å². The van der Waals surface area contributed by atoms with E-state index in [2.05, 4.69) is 0 Å². The second kappa shape index (κ2) is 2.79. The summed E-state index contributed by atoms with van der Waals surface area (Å²) in [6.45, 7) is 0. The second-order valence-electron chi connectivity index (χ2n) is 2.96. The molecule has 0 heterocycles. The van der Waals surface area contributed by atoms with E-state index < -0.39 is 11.5 Å². The fourth-order valence-electron chi connectivity index (χ4n) is 1.57. The third kappa shape index (κ3) is 1.23. The molecule has 1 aliphatic carbocycles. The Hall–Kier alpha value is -0.610. The number of carbonyl (C=O) groups is 1. The summed E-state index contributed by atoms with van der Waals surface area (Å²) >= 11 is 0. The molecule has 0 aromatic rings. The van der Waals surface area contributed by atoms with Crippen LogP contribution in [-0.2, 0) is 9.53 Å². The first-order valence-electron chi connectivity index (χ1n) is 3.66. The van der Waals surface area contributed by atoms with Gasteiger partial charge in [-0.2, -0.15) is 0 Å². The van der Waals surface area contributed by atoms with Crippen LogP contribution < -0.4 is 5.73 Å². The number of hydrogen-bond donors (Lipinski definition) is 2. The van der Waals surface area contributed by atoms with Crippen molar-refractivity contribution in [1.29, 1.82) is 0 Å². The molecule has 4 heteroatoms. The van der Waals surface area contributed by atoms with Crippen molar-refractivity contribution in [1.82, 2.24) is 0 Å². The molecule has 0 bridgehead atoms. The van der Waals surface area contributed by atoms with Gasteiger partial charge < -0.3 is 15.6 Å². The monoisotopic (exact) mass is 159 g/mol. The van der Waals surface area contributed by atoms with Crippen LogP contribution in [0.3, 0.4) is 0 Å². The van der Waals surface area contributed by atoms with Crippen LogP contribution in [0.5, 0.6) is 0 Å². The number of hydrogen-bond acceptors (Lipinski definition) is 3. The first-order chi connectivity index (χ1) is 5.11. The van der Waals surface area contributed by atoms with Gasteiger partial charge in [0.25, 0.3) is 0 Å². The van der Waals surface area contributed by atoms with Crippen molar-refractivity contribution in [3.63, 3.8) is 0 Å². The van der Waals surface area contributed by atoms with Gasteiger partial charge in [0.2, 0.25) is 0 Å². The van der Waals surface area contributed by atoms with E-state index in [0.29, 0.717) is 6.42 Å². The van der Waals surface area contributed by atoms with Crippen LogP contribution in [0.15, 0.2) is 0 Å². The number of ether oxygens (including phenoxy) is 1. The number of nitrogens with two attached hydrogens (primary N) is 1. The van der Waals surface area contributed by atoms with Crippen LogP contribution in [-0.4, -0.2) is 29.8 Å². The Morgan fingerprint density at radius 1 is 1.82 bits per heavy atom. The van der Waals surface area contributed by atoms with Crippen molar-refractivity contribution >= 4 is 5.97 Å². The minimum atomic E-state index is -1.14. The lowest BCUT2D eigenvalue weighted by molar-refractivity contribution is -0.147. The molecule has 3 N–H and O–H groups in total. The summed E-state index contributed by atoms with van der Waals surface area (Å²) in [4.78, 5) is 10.7. The topological polar surface area (TPSA) is 72.5 Å². The van der Waals surface area contributed by atoms with Crippen molar-refractivity contribution < 1.29 is 14.6 Å². The minimum absolute atomic E-state index is 0.319. The van der Waals surface area contributed by atoms with Crippen LogP contribution in [0.25, 0.3) is 0 Å². The highest BCUT2D eigenvalue weighted by atomic mass is 16.5. The molecule has 0 unspecified atom stereocenters. The maximum atomic E-state index is 10.7. The molecule has 1 saturated carbocycles. The molecule has 1 aliphatic rings. The van der Waals surface area contributed by atoms with Crippen molar-refractivity contribution in [2.24, 2.45) is 5.73 Å². The number of rotatable bonds is 2. The Labute approximate surface area is 65.3 Å². The van der Waals surface area contributed by atoms with Gasteiger partial charge in [-0.15, -0.1) is 0 Å². The Bertz CT molecular complexity index is 171. The summed E-state index contributed by atoms with van der Waals surface area (Å²) in [5.41, 5.74) is 4.49. The van der Waals surface area contributed by atoms with E-state index in [1.165, 1.54) is 7.11 Å². The summed E-state index contributed by atoms with van der Waals surface area (Å²) in [5, 5.41) is 8.77. The molecule has 0 spiro atoms. The molecule has 0 saturated heterocycles. The Kier molecular flexibility index (Phi) is 2.15.